The molecule has 1 atom stereocenters. The summed E-state index contributed by atoms with van der Waals surface area (Å²) in [5, 5.41) is 2.69. The molecule has 22 heavy (non-hydrogen) atoms. The number of carbonyl (C=O) groups excluding carboxylic acids is 1. The first-order valence-electron chi connectivity index (χ1n) is 7.60. The zero-order chi connectivity index (χ0) is 16.2. The van der Waals surface area contributed by atoms with Crippen molar-refractivity contribution in [1.82, 2.24) is 4.90 Å². The monoisotopic (exact) mass is 314 g/mol. The highest BCUT2D eigenvalue weighted by molar-refractivity contribution is 5.94. The van der Waals surface area contributed by atoms with Crippen molar-refractivity contribution in [2.45, 2.75) is 44.8 Å². The molecule has 1 saturated heterocycles. The van der Waals surface area contributed by atoms with Gasteiger partial charge in [0.25, 0.3) is 0 Å². The molecule has 122 valence electrons. The number of rotatable bonds is 3. The minimum atomic E-state index is -4.36. The predicted molar refractivity (Wildman–Crippen MR) is 79.6 cm³/mol. The van der Waals surface area contributed by atoms with E-state index in [0.29, 0.717) is 5.69 Å². The summed E-state index contributed by atoms with van der Waals surface area (Å²) in [6.07, 6.45) is 0.172. The highest BCUT2D eigenvalue weighted by atomic mass is 19.4. The van der Waals surface area contributed by atoms with Crippen LogP contribution < -0.4 is 5.32 Å². The lowest BCUT2D eigenvalue weighted by Gasteiger charge is -2.26. The molecule has 6 heteroatoms. The summed E-state index contributed by atoms with van der Waals surface area (Å²) in [4.78, 5) is 14.4. The van der Waals surface area contributed by atoms with E-state index in [-0.39, 0.29) is 11.9 Å². The van der Waals surface area contributed by atoms with Gasteiger partial charge in [0.05, 0.1) is 11.6 Å². The zero-order valence-corrected chi connectivity index (χ0v) is 12.6. The van der Waals surface area contributed by atoms with Crippen LogP contribution in [0, 0.1) is 0 Å². The van der Waals surface area contributed by atoms with Crippen molar-refractivity contribution in [1.29, 1.82) is 0 Å². The SMILES string of the molecule is C[C@H](C(=O)Nc1ccc(C(F)(F)F)cc1)N1CCCCCC1. The van der Waals surface area contributed by atoms with Crippen molar-refractivity contribution in [3.63, 3.8) is 0 Å². The third kappa shape index (κ3) is 4.47. The molecule has 0 radical (unpaired) electrons. The number of amides is 1. The quantitative estimate of drug-likeness (QED) is 0.917. The molecule has 0 aromatic heterocycles. The molecule has 0 saturated carbocycles. The van der Waals surface area contributed by atoms with Crippen LogP contribution in [0.1, 0.15) is 38.2 Å². The van der Waals surface area contributed by atoms with E-state index in [2.05, 4.69) is 10.2 Å². The topological polar surface area (TPSA) is 32.3 Å². The van der Waals surface area contributed by atoms with Crippen LogP contribution in [0.4, 0.5) is 18.9 Å². The summed E-state index contributed by atoms with van der Waals surface area (Å²) >= 11 is 0. The largest absolute Gasteiger partial charge is 0.416 e. The van der Waals surface area contributed by atoms with Gasteiger partial charge in [0.15, 0.2) is 0 Å². The van der Waals surface area contributed by atoms with Crippen LogP contribution in [-0.2, 0) is 11.0 Å². The van der Waals surface area contributed by atoms with E-state index < -0.39 is 11.7 Å². The standard InChI is InChI=1S/C16H21F3N2O/c1-12(21-10-4-2-3-5-11-21)15(22)20-14-8-6-13(7-9-14)16(17,18)19/h6-9,12H,2-5,10-11H2,1H3,(H,20,22)/t12-/m1/s1. The Labute approximate surface area is 128 Å². The van der Waals surface area contributed by atoms with Gasteiger partial charge >= 0.3 is 6.18 Å². The zero-order valence-electron chi connectivity index (χ0n) is 12.6. The lowest BCUT2D eigenvalue weighted by atomic mass is 10.2. The maximum absolute atomic E-state index is 12.5. The normalized spacial score (nSPS) is 18.5. The van der Waals surface area contributed by atoms with Crippen molar-refractivity contribution < 1.29 is 18.0 Å². The molecule has 1 aromatic rings. The van der Waals surface area contributed by atoms with Crippen LogP contribution in [0.3, 0.4) is 0 Å². The van der Waals surface area contributed by atoms with Gasteiger partial charge in [-0.05, 0) is 57.1 Å². The Hall–Kier alpha value is -1.56. The number of likely N-dealkylation sites (tertiary alicyclic amines) is 1. The lowest BCUT2D eigenvalue weighted by molar-refractivity contribution is -0.137. The van der Waals surface area contributed by atoms with Crippen molar-refractivity contribution in [3.8, 4) is 0 Å². The average Bonchev–Trinajstić information content (AvgIpc) is 2.75. The lowest BCUT2D eigenvalue weighted by Crippen LogP contribution is -2.42. The molecule has 1 fully saturated rings. The third-order valence-electron chi connectivity index (χ3n) is 4.05. The number of halogens is 3. The van der Waals surface area contributed by atoms with Crippen LogP contribution in [0.15, 0.2) is 24.3 Å². The van der Waals surface area contributed by atoms with Gasteiger partial charge in [-0.15, -0.1) is 0 Å². The van der Waals surface area contributed by atoms with E-state index in [1.807, 2.05) is 6.92 Å². The average molecular weight is 314 g/mol. The number of anilines is 1. The van der Waals surface area contributed by atoms with Crippen LogP contribution in [0.25, 0.3) is 0 Å². The Morgan fingerprint density at radius 2 is 1.64 bits per heavy atom. The van der Waals surface area contributed by atoms with E-state index in [4.69, 9.17) is 0 Å². The van der Waals surface area contributed by atoms with E-state index in [9.17, 15) is 18.0 Å². The summed E-state index contributed by atoms with van der Waals surface area (Å²) in [5.41, 5.74) is -0.328. The number of hydrogen-bond donors (Lipinski definition) is 1. The summed E-state index contributed by atoms with van der Waals surface area (Å²) in [7, 11) is 0. The smallest absolute Gasteiger partial charge is 0.325 e. The van der Waals surface area contributed by atoms with Gasteiger partial charge in [0.1, 0.15) is 0 Å². The summed E-state index contributed by atoms with van der Waals surface area (Å²) < 4.78 is 37.5. The number of nitrogens with one attached hydrogen (secondary N) is 1. The Morgan fingerprint density at radius 3 is 2.14 bits per heavy atom. The second kappa shape index (κ2) is 7.13. The van der Waals surface area contributed by atoms with Crippen LogP contribution in [-0.4, -0.2) is 29.9 Å². The molecular weight excluding hydrogens is 293 g/mol. The second-order valence-electron chi connectivity index (χ2n) is 5.69. The molecule has 1 N–H and O–H groups in total. The first-order chi connectivity index (χ1) is 10.4. The van der Waals surface area contributed by atoms with Gasteiger partial charge in [-0.2, -0.15) is 13.2 Å². The Kier molecular flexibility index (Phi) is 5.45. The molecule has 0 spiro atoms. The molecule has 1 aliphatic heterocycles. The van der Waals surface area contributed by atoms with Crippen LogP contribution in [0.2, 0.25) is 0 Å². The second-order valence-corrected chi connectivity index (χ2v) is 5.69. The van der Waals surface area contributed by atoms with E-state index >= 15 is 0 Å². The van der Waals surface area contributed by atoms with E-state index in [1.165, 1.54) is 25.0 Å². The highest BCUT2D eigenvalue weighted by Gasteiger charge is 2.30. The molecule has 1 aliphatic rings. The number of nitrogens with zero attached hydrogens (tertiary/aromatic N) is 1. The van der Waals surface area contributed by atoms with Gasteiger partial charge in [-0.1, -0.05) is 12.8 Å². The Balaban J connectivity index is 1.95. The molecule has 2 rings (SSSR count). The fourth-order valence-corrected chi connectivity index (χ4v) is 2.64. The molecule has 0 bridgehead atoms. The van der Waals surface area contributed by atoms with Gasteiger partial charge in [0, 0.05) is 5.69 Å². The number of carbonyl (C=O) groups is 1. The van der Waals surface area contributed by atoms with Crippen molar-refractivity contribution >= 4 is 11.6 Å². The fraction of sp³-hybridized carbons (Fsp3) is 0.562. The minimum Gasteiger partial charge on any atom is -0.325 e. The predicted octanol–water partition coefficient (Wildman–Crippen LogP) is 3.91. The maximum Gasteiger partial charge on any atom is 0.416 e. The van der Waals surface area contributed by atoms with Crippen LogP contribution >= 0.6 is 0 Å². The van der Waals surface area contributed by atoms with Crippen molar-refractivity contribution in [2.24, 2.45) is 0 Å². The first-order valence-corrected chi connectivity index (χ1v) is 7.60. The van der Waals surface area contributed by atoms with Crippen molar-refractivity contribution in [3.05, 3.63) is 29.8 Å². The third-order valence-corrected chi connectivity index (χ3v) is 4.05. The Morgan fingerprint density at radius 1 is 1.09 bits per heavy atom. The first kappa shape index (κ1) is 16.8. The number of benzene rings is 1. The minimum absolute atomic E-state index is 0.179. The van der Waals surface area contributed by atoms with Gasteiger partial charge < -0.3 is 5.32 Å². The molecular formula is C16H21F3N2O. The maximum atomic E-state index is 12.5. The van der Waals surface area contributed by atoms with E-state index in [0.717, 1.165) is 38.1 Å². The number of hydrogen-bond acceptors (Lipinski definition) is 2. The van der Waals surface area contributed by atoms with Gasteiger partial charge in [-0.3, -0.25) is 9.69 Å². The summed E-state index contributed by atoms with van der Waals surface area (Å²) in [5.74, 6) is -0.179. The Bertz CT molecular complexity index is 491. The molecule has 1 heterocycles. The molecule has 0 aliphatic carbocycles. The highest BCUT2D eigenvalue weighted by Crippen LogP contribution is 2.29. The molecule has 3 nitrogen and oxygen atoms in total. The molecule has 1 aromatic carbocycles. The summed E-state index contributed by atoms with van der Waals surface area (Å²) in [6.45, 7) is 3.62. The van der Waals surface area contributed by atoms with Crippen LogP contribution in [0.5, 0.6) is 0 Å². The van der Waals surface area contributed by atoms with Gasteiger partial charge in [-0.25, -0.2) is 0 Å². The van der Waals surface area contributed by atoms with E-state index in [1.54, 1.807) is 0 Å². The molecule has 0 unspecified atom stereocenters. The fourth-order valence-electron chi connectivity index (χ4n) is 2.64. The molecule has 1 amide bonds. The summed E-state index contributed by atoms with van der Waals surface area (Å²) in [6, 6.07) is 4.25. The van der Waals surface area contributed by atoms with Crippen molar-refractivity contribution in [2.75, 3.05) is 18.4 Å². The van der Waals surface area contributed by atoms with Gasteiger partial charge in [0.2, 0.25) is 5.91 Å². The number of alkyl halides is 3.